The van der Waals surface area contributed by atoms with Gasteiger partial charge in [-0.05, 0) is 30.5 Å². The van der Waals surface area contributed by atoms with Crippen molar-refractivity contribution in [3.8, 4) is 0 Å². The van der Waals surface area contributed by atoms with Gasteiger partial charge in [0.2, 0.25) is 11.8 Å². The number of aryl methyl sites for hydroxylation is 1. The molecule has 0 bridgehead atoms. The molecule has 0 unspecified atom stereocenters. The molecule has 2 amide bonds. The number of halogens is 1. The Balaban J connectivity index is 2.87. The van der Waals surface area contributed by atoms with E-state index < -0.39 is 11.9 Å². The maximum absolute atomic E-state index is 13.1. The minimum atomic E-state index is -0.639. The minimum absolute atomic E-state index is 0.0576. The molecular formula is C14H19FN2O2. The fraction of sp³-hybridized carbons (Fsp3) is 0.429. The summed E-state index contributed by atoms with van der Waals surface area (Å²) in [6.45, 7) is 6.80. The standard InChI is InChI=1S/C14H19FN2O2/c1-8(2)13(16-10(4)18)14(19)17-12-7-11(15)6-5-9(12)3/h5-8,13H,1-4H3,(H,16,18)(H,17,19)/t13-/m1/s1. The molecule has 1 rings (SSSR count). The minimum Gasteiger partial charge on any atom is -0.344 e. The number of anilines is 1. The summed E-state index contributed by atoms with van der Waals surface area (Å²) in [6, 6.07) is 3.55. The van der Waals surface area contributed by atoms with Gasteiger partial charge < -0.3 is 10.6 Å². The Labute approximate surface area is 112 Å². The molecule has 0 radical (unpaired) electrons. The van der Waals surface area contributed by atoms with Crippen LogP contribution in [-0.2, 0) is 9.59 Å². The van der Waals surface area contributed by atoms with Gasteiger partial charge in [-0.15, -0.1) is 0 Å². The van der Waals surface area contributed by atoms with Crippen LogP contribution in [0.4, 0.5) is 10.1 Å². The molecule has 0 aromatic heterocycles. The van der Waals surface area contributed by atoms with Gasteiger partial charge in [-0.25, -0.2) is 4.39 Å². The quantitative estimate of drug-likeness (QED) is 0.878. The second-order valence-corrected chi connectivity index (χ2v) is 4.87. The van der Waals surface area contributed by atoms with Crippen LogP contribution in [-0.4, -0.2) is 17.9 Å². The summed E-state index contributed by atoms with van der Waals surface area (Å²) in [6.07, 6.45) is 0. The van der Waals surface area contributed by atoms with Gasteiger partial charge in [0.1, 0.15) is 11.9 Å². The van der Waals surface area contributed by atoms with E-state index in [1.54, 1.807) is 13.0 Å². The van der Waals surface area contributed by atoms with Gasteiger partial charge in [-0.1, -0.05) is 19.9 Å². The zero-order chi connectivity index (χ0) is 14.6. The van der Waals surface area contributed by atoms with Gasteiger partial charge in [0.15, 0.2) is 0 Å². The summed E-state index contributed by atoms with van der Waals surface area (Å²) in [5.41, 5.74) is 1.18. The molecule has 1 atom stereocenters. The second kappa shape index (κ2) is 6.31. The van der Waals surface area contributed by atoms with Crippen molar-refractivity contribution in [1.82, 2.24) is 5.32 Å². The van der Waals surface area contributed by atoms with Gasteiger partial charge in [0.05, 0.1) is 0 Å². The topological polar surface area (TPSA) is 58.2 Å². The first-order valence-corrected chi connectivity index (χ1v) is 6.15. The van der Waals surface area contributed by atoms with Gasteiger partial charge in [-0.3, -0.25) is 9.59 Å². The Morgan fingerprint density at radius 1 is 1.26 bits per heavy atom. The van der Waals surface area contributed by atoms with Crippen molar-refractivity contribution in [1.29, 1.82) is 0 Å². The molecule has 0 spiro atoms. The van der Waals surface area contributed by atoms with Crippen LogP contribution in [0.2, 0.25) is 0 Å². The maximum atomic E-state index is 13.1. The van der Waals surface area contributed by atoms with Gasteiger partial charge in [0, 0.05) is 12.6 Å². The van der Waals surface area contributed by atoms with Crippen molar-refractivity contribution in [2.45, 2.75) is 33.7 Å². The smallest absolute Gasteiger partial charge is 0.247 e. The SMILES string of the molecule is CC(=O)N[C@@H](C(=O)Nc1cc(F)ccc1C)C(C)C. The average molecular weight is 266 g/mol. The number of hydrogen-bond donors (Lipinski definition) is 2. The lowest BCUT2D eigenvalue weighted by molar-refractivity contribution is -0.126. The molecule has 1 aromatic rings. The molecule has 5 heteroatoms. The number of rotatable bonds is 4. The summed E-state index contributed by atoms with van der Waals surface area (Å²) < 4.78 is 13.1. The Morgan fingerprint density at radius 3 is 2.42 bits per heavy atom. The summed E-state index contributed by atoms with van der Waals surface area (Å²) in [5.74, 6) is -1.09. The molecule has 0 aliphatic carbocycles. The third-order valence-electron chi connectivity index (χ3n) is 2.77. The normalized spacial score (nSPS) is 12.1. The third kappa shape index (κ3) is 4.35. The highest BCUT2D eigenvalue weighted by atomic mass is 19.1. The van der Waals surface area contributed by atoms with E-state index in [0.717, 1.165) is 5.56 Å². The summed E-state index contributed by atoms with van der Waals surface area (Å²) in [7, 11) is 0. The molecule has 19 heavy (non-hydrogen) atoms. The van der Waals surface area contributed by atoms with E-state index in [1.807, 2.05) is 13.8 Å². The first-order chi connectivity index (χ1) is 8.81. The summed E-state index contributed by atoms with van der Waals surface area (Å²) >= 11 is 0. The largest absolute Gasteiger partial charge is 0.344 e. The Kier molecular flexibility index (Phi) is 5.03. The molecule has 4 nitrogen and oxygen atoms in total. The van der Waals surface area contributed by atoms with E-state index in [9.17, 15) is 14.0 Å². The van der Waals surface area contributed by atoms with Crippen molar-refractivity contribution in [2.75, 3.05) is 5.32 Å². The van der Waals surface area contributed by atoms with Crippen LogP contribution in [0.25, 0.3) is 0 Å². The lowest BCUT2D eigenvalue weighted by Crippen LogP contribution is -2.46. The van der Waals surface area contributed by atoms with E-state index in [0.29, 0.717) is 5.69 Å². The van der Waals surface area contributed by atoms with Gasteiger partial charge >= 0.3 is 0 Å². The maximum Gasteiger partial charge on any atom is 0.247 e. The number of hydrogen-bond acceptors (Lipinski definition) is 2. The van der Waals surface area contributed by atoms with E-state index in [1.165, 1.54) is 19.1 Å². The molecule has 0 aliphatic rings. The highest BCUT2D eigenvalue weighted by Crippen LogP contribution is 2.17. The van der Waals surface area contributed by atoms with Crippen LogP contribution in [0.5, 0.6) is 0 Å². The Bertz CT molecular complexity index is 486. The van der Waals surface area contributed by atoms with Crippen molar-refractivity contribution >= 4 is 17.5 Å². The van der Waals surface area contributed by atoms with Gasteiger partial charge in [-0.2, -0.15) is 0 Å². The molecule has 1 aromatic carbocycles. The van der Waals surface area contributed by atoms with Crippen LogP contribution in [0.15, 0.2) is 18.2 Å². The van der Waals surface area contributed by atoms with Crippen LogP contribution < -0.4 is 10.6 Å². The second-order valence-electron chi connectivity index (χ2n) is 4.87. The molecular weight excluding hydrogens is 247 g/mol. The van der Waals surface area contributed by atoms with Gasteiger partial charge in [0.25, 0.3) is 0 Å². The Hall–Kier alpha value is -1.91. The Morgan fingerprint density at radius 2 is 1.89 bits per heavy atom. The molecule has 0 fully saturated rings. The zero-order valence-electron chi connectivity index (χ0n) is 11.6. The molecule has 0 aliphatic heterocycles. The predicted octanol–water partition coefficient (Wildman–Crippen LogP) is 2.23. The predicted molar refractivity (Wildman–Crippen MR) is 72.2 cm³/mol. The highest BCUT2D eigenvalue weighted by Gasteiger charge is 2.23. The molecule has 0 heterocycles. The number of amides is 2. The highest BCUT2D eigenvalue weighted by molar-refractivity contribution is 5.97. The van der Waals surface area contributed by atoms with Crippen molar-refractivity contribution in [2.24, 2.45) is 5.92 Å². The summed E-state index contributed by atoms with van der Waals surface area (Å²) in [4.78, 5) is 23.2. The van der Waals surface area contributed by atoms with Crippen LogP contribution in [0.1, 0.15) is 26.3 Å². The number of nitrogens with one attached hydrogen (secondary N) is 2. The number of carbonyl (C=O) groups is 2. The lowest BCUT2D eigenvalue weighted by atomic mass is 10.0. The monoisotopic (exact) mass is 266 g/mol. The molecule has 0 saturated heterocycles. The molecule has 0 saturated carbocycles. The first kappa shape index (κ1) is 15.1. The lowest BCUT2D eigenvalue weighted by Gasteiger charge is -2.21. The molecule has 104 valence electrons. The van der Waals surface area contributed by atoms with Crippen LogP contribution in [0.3, 0.4) is 0 Å². The van der Waals surface area contributed by atoms with Crippen LogP contribution >= 0.6 is 0 Å². The zero-order valence-corrected chi connectivity index (χ0v) is 11.6. The van der Waals surface area contributed by atoms with E-state index in [-0.39, 0.29) is 17.7 Å². The van der Waals surface area contributed by atoms with Crippen LogP contribution in [0, 0.1) is 18.7 Å². The van der Waals surface area contributed by atoms with E-state index >= 15 is 0 Å². The fourth-order valence-corrected chi connectivity index (χ4v) is 1.69. The first-order valence-electron chi connectivity index (χ1n) is 6.15. The summed E-state index contributed by atoms with van der Waals surface area (Å²) in [5, 5.41) is 5.23. The average Bonchev–Trinajstić information content (AvgIpc) is 2.30. The number of benzene rings is 1. The number of carbonyl (C=O) groups excluding carboxylic acids is 2. The van der Waals surface area contributed by atoms with Crippen molar-refractivity contribution in [3.05, 3.63) is 29.6 Å². The fourth-order valence-electron chi connectivity index (χ4n) is 1.69. The molecule has 2 N–H and O–H groups in total. The van der Waals surface area contributed by atoms with Crippen molar-refractivity contribution in [3.63, 3.8) is 0 Å². The third-order valence-corrected chi connectivity index (χ3v) is 2.77. The van der Waals surface area contributed by atoms with E-state index in [2.05, 4.69) is 10.6 Å². The van der Waals surface area contributed by atoms with E-state index in [4.69, 9.17) is 0 Å². The van der Waals surface area contributed by atoms with Crippen molar-refractivity contribution < 1.29 is 14.0 Å².